The highest BCUT2D eigenvalue weighted by molar-refractivity contribution is 6.80. The summed E-state index contributed by atoms with van der Waals surface area (Å²) in [5.74, 6) is 0. The van der Waals surface area contributed by atoms with Crippen LogP contribution in [0.2, 0.25) is 0 Å². The maximum absolute atomic E-state index is 5.35. The summed E-state index contributed by atoms with van der Waals surface area (Å²) in [5, 5.41) is 0. The van der Waals surface area contributed by atoms with Gasteiger partial charge in [0, 0.05) is 44.3 Å². The molecule has 0 fully saturated rings. The molecule has 2 radical (unpaired) electrons. The van der Waals surface area contributed by atoms with Gasteiger partial charge in [-0.2, -0.15) is 0 Å². The van der Waals surface area contributed by atoms with Crippen molar-refractivity contribution in [2.24, 2.45) is 0 Å². The molecule has 4 aromatic carbocycles. The van der Waals surface area contributed by atoms with E-state index < -0.39 is 0 Å². The first kappa shape index (κ1) is 31.6. The second-order valence-electron chi connectivity index (χ2n) is 12.0. The van der Waals surface area contributed by atoms with Crippen LogP contribution in [0.5, 0.6) is 0 Å². The van der Waals surface area contributed by atoms with Gasteiger partial charge in [-0.1, -0.05) is 121 Å². The van der Waals surface area contributed by atoms with E-state index in [0.29, 0.717) is 0 Å². The number of hydrogen-bond acceptors (Lipinski definition) is 2. The van der Waals surface area contributed by atoms with Crippen molar-refractivity contribution in [2.75, 3.05) is 0 Å². The fourth-order valence-corrected chi connectivity index (χ4v) is 6.84. The van der Waals surface area contributed by atoms with E-state index in [2.05, 4.69) is 166 Å². The third-order valence-corrected chi connectivity index (χ3v) is 9.00. The van der Waals surface area contributed by atoms with Crippen molar-refractivity contribution in [3.63, 3.8) is 0 Å². The minimum Gasteiger partial charge on any atom is -0.354 e. The summed E-state index contributed by atoms with van der Waals surface area (Å²) in [5.41, 5.74) is 16.2. The maximum atomic E-state index is 5.35. The van der Waals surface area contributed by atoms with Gasteiger partial charge in [0.1, 0.15) is 0 Å². The summed E-state index contributed by atoms with van der Waals surface area (Å²) in [7, 11) is 4.56. The van der Waals surface area contributed by atoms with Gasteiger partial charge in [0.05, 0.1) is 22.8 Å². The number of halogens is 1. The number of hydrogen-bond donors (Lipinski definition) is 2. The van der Waals surface area contributed by atoms with Crippen molar-refractivity contribution in [1.82, 2.24) is 19.9 Å². The van der Waals surface area contributed by atoms with Gasteiger partial charge in [0.2, 0.25) is 0 Å². The molecule has 8 bridgehead atoms. The summed E-state index contributed by atoms with van der Waals surface area (Å²) in [6, 6.07) is 50.7. The van der Waals surface area contributed by atoms with E-state index in [4.69, 9.17) is 9.97 Å². The Bertz CT molecular complexity index is 2190. The van der Waals surface area contributed by atoms with Crippen LogP contribution in [-0.2, 0) is 0 Å². The van der Waals surface area contributed by atoms with Crippen LogP contribution in [0, 0.1) is 0 Å². The Hall–Kier alpha value is -5.70. The van der Waals surface area contributed by atoms with E-state index in [-0.39, 0.29) is 0 Å². The fraction of sp³-hybridized carbons (Fsp3) is 0. The monoisotopic (exact) mass is 676 g/mol. The van der Waals surface area contributed by atoms with Gasteiger partial charge < -0.3 is 9.97 Å². The molecule has 7 aromatic rings. The third-order valence-electron chi connectivity index (χ3n) is 9.00. The Kier molecular flexibility index (Phi) is 8.86. The zero-order valence-corrected chi connectivity index (χ0v) is 28.9. The van der Waals surface area contributed by atoms with Crippen LogP contribution in [0.1, 0.15) is 22.8 Å². The number of rotatable bonds is 4. The van der Waals surface area contributed by atoms with E-state index in [1.807, 2.05) is 39.6 Å². The van der Waals surface area contributed by atoms with Gasteiger partial charge >= 0.3 is 0 Å². The van der Waals surface area contributed by atoms with Crippen molar-refractivity contribution >= 4 is 71.8 Å². The third kappa shape index (κ3) is 5.93. The maximum Gasteiger partial charge on any atom is 0.293 e. The van der Waals surface area contributed by atoms with E-state index >= 15 is 0 Å². The molecule has 0 amide bonds. The largest absolute Gasteiger partial charge is 0.354 e. The molecule has 3 aromatic heterocycles. The number of fused-ring (bicyclic) bond motifs is 8. The number of aromatic nitrogens is 4. The Morgan fingerprint density at radius 3 is 0.760 bits per heavy atom. The predicted molar refractivity (Wildman–Crippen MR) is 212 cm³/mol. The van der Waals surface area contributed by atoms with Gasteiger partial charge in [0.25, 0.3) is 15.4 Å². The van der Waals surface area contributed by atoms with E-state index in [9.17, 15) is 0 Å². The number of aromatic amines is 2. The predicted octanol–water partition coefficient (Wildman–Crippen LogP) is 11.6. The Morgan fingerprint density at radius 2 is 0.540 bits per heavy atom. The normalized spacial score (nSPS) is 11.6. The average molecular weight is 677 g/mol. The molecule has 2 N–H and O–H groups in total. The summed E-state index contributed by atoms with van der Waals surface area (Å²) in [4.78, 5) is 18.3. The Morgan fingerprint density at radius 1 is 0.320 bits per heavy atom. The molecule has 0 unspecified atom stereocenters. The smallest absolute Gasteiger partial charge is 0.293 e. The van der Waals surface area contributed by atoms with Gasteiger partial charge in [-0.15, -0.1) is 0 Å². The summed E-state index contributed by atoms with van der Waals surface area (Å²) in [6.07, 6.45) is 8.54. The SMILES string of the molecule is C1=Cc2nc1c(-c1ccccc1)c1ccc([nH]1)c(-c1ccccc1)c1nc(c(-c3ccccc3)c3ccc([nH]3)c2-c2ccccc2)C=C1.[Al][Cl]. The molecule has 0 atom stereocenters. The Balaban J connectivity index is 0.00000177. The first-order valence-corrected chi connectivity index (χ1v) is 18.1. The summed E-state index contributed by atoms with van der Waals surface area (Å²) >= 11 is 1.89. The zero-order chi connectivity index (χ0) is 33.9. The Labute approximate surface area is 303 Å². The molecule has 4 nitrogen and oxygen atoms in total. The molecule has 2 aliphatic rings. The van der Waals surface area contributed by atoms with Crippen LogP contribution < -0.4 is 0 Å². The number of nitrogens with one attached hydrogen (secondary N) is 2. The molecule has 50 heavy (non-hydrogen) atoms. The zero-order valence-electron chi connectivity index (χ0n) is 27.0. The highest BCUT2D eigenvalue weighted by atomic mass is 35.6. The van der Waals surface area contributed by atoms with Crippen molar-refractivity contribution < 1.29 is 0 Å². The minimum absolute atomic E-state index is 0.906. The topological polar surface area (TPSA) is 57.4 Å². The molecule has 236 valence electrons. The second-order valence-corrected chi connectivity index (χ2v) is 12.0. The lowest BCUT2D eigenvalue weighted by Crippen LogP contribution is -1.89. The minimum atomic E-state index is 0.906. The molecule has 0 saturated carbocycles. The molecule has 9 rings (SSSR count). The number of benzene rings is 4. The molecule has 2 aliphatic heterocycles. The quantitative estimate of drug-likeness (QED) is 0.182. The highest BCUT2D eigenvalue weighted by Crippen LogP contribution is 2.38. The van der Waals surface area contributed by atoms with Gasteiger partial charge in [-0.05, 0) is 70.8 Å². The van der Waals surface area contributed by atoms with Crippen LogP contribution in [0.25, 0.3) is 90.9 Å². The van der Waals surface area contributed by atoms with Crippen molar-refractivity contribution in [3.05, 3.63) is 168 Å². The second kappa shape index (κ2) is 14.0. The van der Waals surface area contributed by atoms with E-state index in [1.165, 1.54) is 0 Å². The molecule has 0 saturated heterocycles. The van der Waals surface area contributed by atoms with Crippen LogP contribution in [0.3, 0.4) is 0 Å². The lowest BCUT2D eigenvalue weighted by molar-refractivity contribution is 1.31. The molecule has 5 heterocycles. The highest BCUT2D eigenvalue weighted by Gasteiger charge is 2.18. The summed E-state index contributed by atoms with van der Waals surface area (Å²) < 4.78 is 0. The first-order chi connectivity index (χ1) is 24.8. The van der Waals surface area contributed by atoms with Crippen molar-refractivity contribution in [1.29, 1.82) is 0 Å². The van der Waals surface area contributed by atoms with Crippen LogP contribution in [0.15, 0.2) is 146 Å². The van der Waals surface area contributed by atoms with Crippen LogP contribution in [-0.4, -0.2) is 35.3 Å². The van der Waals surface area contributed by atoms with Crippen molar-refractivity contribution in [3.8, 4) is 44.5 Å². The summed E-state index contributed by atoms with van der Waals surface area (Å²) in [6.45, 7) is 0. The lowest BCUT2D eigenvalue weighted by atomic mass is 10.0. The molecule has 6 heteroatoms. The molecular weight excluding hydrogens is 647 g/mol. The molecular formula is C44H30AlClN4. The first-order valence-electron chi connectivity index (χ1n) is 16.4. The average Bonchev–Trinajstić information content (AvgIpc) is 4.02. The lowest BCUT2D eigenvalue weighted by Gasteiger charge is -2.07. The van der Waals surface area contributed by atoms with Gasteiger partial charge in [0.15, 0.2) is 0 Å². The van der Waals surface area contributed by atoms with Crippen LogP contribution >= 0.6 is 10.0 Å². The van der Waals surface area contributed by atoms with Crippen LogP contribution in [0.4, 0.5) is 0 Å². The molecule has 0 spiro atoms. The van der Waals surface area contributed by atoms with E-state index in [0.717, 1.165) is 89.4 Å². The fourth-order valence-electron chi connectivity index (χ4n) is 6.84. The van der Waals surface area contributed by atoms with Gasteiger partial charge in [-0.3, -0.25) is 10.0 Å². The number of H-pyrrole nitrogens is 2. The van der Waals surface area contributed by atoms with E-state index in [1.54, 1.807) is 0 Å². The van der Waals surface area contributed by atoms with Gasteiger partial charge in [-0.25, -0.2) is 9.97 Å². The van der Waals surface area contributed by atoms with Crippen molar-refractivity contribution in [2.45, 2.75) is 0 Å². The molecule has 0 aliphatic carbocycles. The standard InChI is InChI=1S/C44H30N4.Al.ClH/c1-5-13-29(14-6-1)41-33-21-23-35(45-33)42(30-15-7-2-8-16-30)37-25-27-39(47-37)44(32-19-11-4-12-20-32)40-28-26-38(48-40)43(31-17-9-3-10-18-31)36-24-22-34(41)46-36;;/h1-28,45,48H;;1H/q;+1;/p-1. The number of nitrogens with zero attached hydrogens (tertiary/aromatic N) is 2.